The summed E-state index contributed by atoms with van der Waals surface area (Å²) in [4.78, 5) is 11.7. The maximum absolute atomic E-state index is 11.7. The summed E-state index contributed by atoms with van der Waals surface area (Å²) in [5.41, 5.74) is 0.975. The number of ether oxygens (including phenoxy) is 1. The lowest BCUT2D eigenvalue weighted by Gasteiger charge is -2.03. The van der Waals surface area contributed by atoms with Crippen LogP contribution in [0.5, 0.6) is 0 Å². The molecule has 0 radical (unpaired) electrons. The number of benzene rings is 1. The Balaban J connectivity index is 1.52. The molecule has 0 amide bonds. The van der Waals surface area contributed by atoms with Gasteiger partial charge in [-0.1, -0.05) is 30.3 Å². The Kier molecular flexibility index (Phi) is 2.14. The Morgan fingerprint density at radius 1 is 1.44 bits per heavy atom. The van der Waals surface area contributed by atoms with Gasteiger partial charge in [0.1, 0.15) is 12.6 Å². The normalized spacial score (nSPS) is 33.0. The topological polar surface area (TPSA) is 48.2 Å². The third-order valence-corrected chi connectivity index (χ3v) is 3.02. The van der Waals surface area contributed by atoms with Gasteiger partial charge >= 0.3 is 5.97 Å². The van der Waals surface area contributed by atoms with Crippen LogP contribution in [-0.2, 0) is 16.1 Å². The molecule has 1 saturated carbocycles. The Morgan fingerprint density at radius 2 is 2.19 bits per heavy atom. The first-order valence-corrected chi connectivity index (χ1v) is 5.68. The van der Waals surface area contributed by atoms with E-state index in [1.807, 2.05) is 30.3 Å². The summed E-state index contributed by atoms with van der Waals surface area (Å²) in [6.07, 6.45) is 2.11. The van der Waals surface area contributed by atoms with Crippen molar-refractivity contribution in [2.24, 2.45) is 5.92 Å². The quantitative estimate of drug-likeness (QED) is 0.615. The summed E-state index contributed by atoms with van der Waals surface area (Å²) >= 11 is 0. The lowest BCUT2D eigenvalue weighted by Crippen LogP contribution is -2.15. The van der Waals surface area contributed by atoms with Crippen LogP contribution in [0, 0.1) is 5.92 Å². The predicted molar refractivity (Wildman–Crippen MR) is 59.7 cm³/mol. The first-order chi connectivity index (χ1) is 8.20. The smallest absolute Gasteiger partial charge is 0.325 e. The van der Waals surface area contributed by atoms with E-state index in [1.54, 1.807) is 0 Å². The van der Waals surface area contributed by atoms with Gasteiger partial charge in [0.05, 0.1) is 0 Å². The van der Waals surface area contributed by atoms with Gasteiger partial charge in [0, 0.05) is 7.39 Å². The molecule has 3 nitrogen and oxygen atoms in total. The fourth-order valence-corrected chi connectivity index (χ4v) is 1.87. The van der Waals surface area contributed by atoms with E-state index in [4.69, 9.17) is 6.11 Å². The number of esters is 1. The number of carbonyl (C=O) groups excluding carboxylic acids is 1. The highest BCUT2D eigenvalue weighted by molar-refractivity contribution is 5.80. The van der Waals surface area contributed by atoms with Crippen LogP contribution >= 0.6 is 0 Å². The lowest BCUT2D eigenvalue weighted by molar-refractivity contribution is -0.144. The third kappa shape index (κ3) is 2.09. The van der Waals surface area contributed by atoms with Gasteiger partial charge < -0.3 is 4.74 Å². The largest absolute Gasteiger partial charge is 0.460 e. The number of carbonyl (C=O) groups is 1. The van der Waals surface area contributed by atoms with Crippen LogP contribution in [0.15, 0.2) is 30.3 Å². The van der Waals surface area contributed by atoms with E-state index in [0.29, 0.717) is 12.5 Å². The predicted octanol–water partition coefficient (Wildman–Crippen LogP) is 1.48. The summed E-state index contributed by atoms with van der Waals surface area (Å²) in [5.74, 6) is 0.0486. The molecular formula is C13H15NO2. The Labute approximate surface area is 96.2 Å². The van der Waals surface area contributed by atoms with Crippen molar-refractivity contribution >= 4 is 5.97 Å². The zero-order valence-corrected chi connectivity index (χ0v) is 8.98. The molecular weight excluding hydrogens is 202 g/mol. The van der Waals surface area contributed by atoms with Crippen LogP contribution in [0.3, 0.4) is 0 Å². The van der Waals surface area contributed by atoms with Gasteiger partial charge in [0.15, 0.2) is 0 Å². The first-order valence-electron chi connectivity index (χ1n) is 6.18. The molecule has 16 heavy (non-hydrogen) atoms. The van der Waals surface area contributed by atoms with Gasteiger partial charge in [-0.2, -0.15) is 0 Å². The van der Waals surface area contributed by atoms with Crippen LogP contribution in [-0.4, -0.2) is 18.0 Å². The molecule has 3 heteroatoms. The molecule has 1 aliphatic heterocycles. The van der Waals surface area contributed by atoms with E-state index in [-0.39, 0.29) is 5.97 Å². The van der Waals surface area contributed by atoms with Gasteiger partial charge in [-0.25, -0.2) is 0 Å². The molecule has 1 aliphatic carbocycles. The molecule has 2 aliphatic rings. The van der Waals surface area contributed by atoms with Crippen LogP contribution in [0.1, 0.15) is 19.8 Å². The monoisotopic (exact) mass is 218 g/mol. The maximum Gasteiger partial charge on any atom is 0.325 e. The number of rotatable bonds is 4. The summed E-state index contributed by atoms with van der Waals surface area (Å²) in [6.45, 7) is 0.290. The zero-order chi connectivity index (χ0) is 11.9. The molecule has 1 N–H and O–H groups in total. The number of hydrogen-bond acceptors (Lipinski definition) is 3. The summed E-state index contributed by atoms with van der Waals surface area (Å²) < 4.78 is 13.2. The highest BCUT2D eigenvalue weighted by atomic mass is 16.5. The summed E-state index contributed by atoms with van der Waals surface area (Å²) in [6, 6.07) is 8.45. The summed E-state index contributed by atoms with van der Waals surface area (Å²) in [7, 11) is 0. The van der Waals surface area contributed by atoms with E-state index in [2.05, 4.69) is 5.32 Å². The van der Waals surface area contributed by atoms with Crippen LogP contribution in [0.4, 0.5) is 0 Å². The van der Waals surface area contributed by atoms with E-state index in [9.17, 15) is 4.79 Å². The second-order valence-corrected chi connectivity index (χ2v) is 4.40. The van der Waals surface area contributed by atoms with Crippen molar-refractivity contribution in [3.8, 4) is 0 Å². The van der Waals surface area contributed by atoms with Gasteiger partial charge in [-0.05, 0) is 24.3 Å². The Bertz CT molecular complexity index is 432. The Morgan fingerprint density at radius 3 is 2.88 bits per heavy atom. The van der Waals surface area contributed by atoms with Crippen molar-refractivity contribution in [3.63, 3.8) is 0 Å². The third-order valence-electron chi connectivity index (χ3n) is 3.02. The van der Waals surface area contributed by atoms with E-state index in [0.717, 1.165) is 18.4 Å². The van der Waals surface area contributed by atoms with Crippen molar-refractivity contribution in [3.05, 3.63) is 35.9 Å². The zero-order valence-electron chi connectivity index (χ0n) is 9.98. The average Bonchev–Trinajstić information content (AvgIpc) is 3.21. The minimum Gasteiger partial charge on any atom is -0.460 e. The number of hydrogen-bond donors (Lipinski definition) is 1. The molecule has 2 fully saturated rings. The van der Waals surface area contributed by atoms with Gasteiger partial charge in [0.2, 0.25) is 0 Å². The molecule has 84 valence electrons. The van der Waals surface area contributed by atoms with Crippen molar-refractivity contribution in [2.75, 3.05) is 0 Å². The van der Waals surface area contributed by atoms with Crippen molar-refractivity contribution in [1.29, 1.82) is 0 Å². The van der Waals surface area contributed by atoms with E-state index < -0.39 is 12.1 Å². The molecule has 3 rings (SSSR count). The molecule has 0 spiro atoms. The molecule has 1 aromatic rings. The second-order valence-electron chi connectivity index (χ2n) is 4.40. The molecule has 0 unspecified atom stereocenters. The van der Waals surface area contributed by atoms with Crippen LogP contribution in [0.25, 0.3) is 0 Å². The van der Waals surface area contributed by atoms with Crippen molar-refractivity contribution in [1.82, 2.24) is 5.32 Å². The fourth-order valence-electron chi connectivity index (χ4n) is 1.87. The molecule has 2 atom stereocenters. The van der Waals surface area contributed by atoms with Gasteiger partial charge in [0.25, 0.3) is 0 Å². The Hall–Kier alpha value is -1.35. The van der Waals surface area contributed by atoms with Crippen molar-refractivity contribution in [2.45, 2.75) is 31.5 Å². The molecule has 1 aromatic carbocycles. The first kappa shape index (κ1) is 8.76. The van der Waals surface area contributed by atoms with E-state index >= 15 is 0 Å². The second kappa shape index (κ2) is 3.91. The summed E-state index contributed by atoms with van der Waals surface area (Å²) in [5, 5.41) is 2.94. The maximum atomic E-state index is 11.7. The highest BCUT2D eigenvalue weighted by Gasteiger charge is 2.51. The molecule has 1 saturated heterocycles. The van der Waals surface area contributed by atoms with E-state index in [1.165, 1.54) is 0 Å². The van der Waals surface area contributed by atoms with Crippen LogP contribution in [0.2, 0.25) is 0 Å². The minimum atomic E-state index is -0.728. The highest BCUT2D eigenvalue weighted by Crippen LogP contribution is 2.39. The molecule has 0 aromatic heterocycles. The molecule has 0 bridgehead atoms. The molecule has 1 heterocycles. The SMILES string of the molecule is [2H][C@]1(C2CC2)N[C@H]1C(=O)OCc1ccccc1. The van der Waals surface area contributed by atoms with Crippen LogP contribution < -0.4 is 5.32 Å². The fraction of sp³-hybridized carbons (Fsp3) is 0.462. The lowest BCUT2D eigenvalue weighted by atomic mass is 10.2. The standard InChI is InChI=1S/C13H15NO2/c15-13(12-11(14-12)10-6-7-10)16-8-9-4-2-1-3-5-9/h1-5,10-12,14H,6-8H2/t11-,12-/m1/s1/i11D. The van der Waals surface area contributed by atoms with Crippen molar-refractivity contribution < 1.29 is 10.9 Å². The average molecular weight is 218 g/mol. The minimum absolute atomic E-state index is 0.290. The van der Waals surface area contributed by atoms with Gasteiger partial charge in [-0.15, -0.1) is 0 Å². The number of nitrogens with one attached hydrogen (secondary N) is 1. The van der Waals surface area contributed by atoms with Gasteiger partial charge in [-0.3, -0.25) is 10.1 Å².